The Morgan fingerprint density at radius 1 is 1.14 bits per heavy atom. The lowest BCUT2D eigenvalue weighted by atomic mass is 9.98. The second-order valence-electron chi connectivity index (χ2n) is 7.17. The van der Waals surface area contributed by atoms with E-state index in [9.17, 15) is 9.59 Å². The molecule has 0 aliphatic rings. The minimum Gasteiger partial charge on any atom is -0.382 e. The van der Waals surface area contributed by atoms with E-state index in [1.807, 2.05) is 45.0 Å². The number of nitrogens with one attached hydrogen (secondary N) is 2. The zero-order valence-electron chi connectivity index (χ0n) is 18.1. The Bertz CT molecular complexity index is 617. The van der Waals surface area contributed by atoms with Crippen LogP contribution < -0.4 is 15.5 Å². The van der Waals surface area contributed by atoms with Crippen LogP contribution in [0.3, 0.4) is 0 Å². The number of rotatable bonds is 13. The van der Waals surface area contributed by atoms with Gasteiger partial charge in [0, 0.05) is 51.1 Å². The largest absolute Gasteiger partial charge is 0.382 e. The average molecular weight is 392 g/mol. The molecule has 0 saturated heterocycles. The maximum absolute atomic E-state index is 12.7. The van der Waals surface area contributed by atoms with E-state index in [4.69, 9.17) is 4.74 Å². The van der Waals surface area contributed by atoms with Crippen molar-refractivity contribution in [2.45, 2.75) is 52.9 Å². The first-order chi connectivity index (χ1) is 13.4. The van der Waals surface area contributed by atoms with Gasteiger partial charge in [-0.15, -0.1) is 0 Å². The van der Waals surface area contributed by atoms with E-state index in [1.165, 1.54) is 0 Å². The van der Waals surface area contributed by atoms with Gasteiger partial charge in [0.2, 0.25) is 5.91 Å². The second-order valence-corrected chi connectivity index (χ2v) is 7.17. The fraction of sp³-hybridized carbons (Fsp3) is 0.636. The van der Waals surface area contributed by atoms with E-state index in [1.54, 1.807) is 6.07 Å². The number of hydrogen-bond donors (Lipinski definition) is 2. The van der Waals surface area contributed by atoms with E-state index in [-0.39, 0.29) is 17.7 Å². The molecule has 6 nitrogen and oxygen atoms in total. The van der Waals surface area contributed by atoms with Crippen LogP contribution in [-0.2, 0) is 9.53 Å². The zero-order valence-corrected chi connectivity index (χ0v) is 18.1. The Kier molecular flexibility index (Phi) is 11.3. The van der Waals surface area contributed by atoms with E-state index in [2.05, 4.69) is 17.6 Å². The fourth-order valence-electron chi connectivity index (χ4n) is 3.02. The number of ether oxygens (including phenoxy) is 1. The van der Waals surface area contributed by atoms with Crippen LogP contribution in [0.5, 0.6) is 0 Å². The Labute approximate surface area is 170 Å². The van der Waals surface area contributed by atoms with Gasteiger partial charge in [0.05, 0.1) is 5.56 Å². The normalized spacial score (nSPS) is 11.8. The van der Waals surface area contributed by atoms with Crippen molar-refractivity contribution in [1.82, 2.24) is 5.32 Å². The van der Waals surface area contributed by atoms with Crippen LogP contribution in [0.1, 0.15) is 63.2 Å². The molecule has 2 N–H and O–H groups in total. The van der Waals surface area contributed by atoms with E-state index in [0.717, 1.165) is 37.8 Å². The van der Waals surface area contributed by atoms with Crippen LogP contribution in [0.4, 0.5) is 11.4 Å². The highest BCUT2D eigenvalue weighted by molar-refractivity contribution is 6.02. The highest BCUT2D eigenvalue weighted by Gasteiger charge is 2.18. The first-order valence-corrected chi connectivity index (χ1v) is 10.4. The van der Waals surface area contributed by atoms with Crippen molar-refractivity contribution in [3.63, 3.8) is 0 Å². The summed E-state index contributed by atoms with van der Waals surface area (Å²) in [7, 11) is 3.80. The van der Waals surface area contributed by atoms with Gasteiger partial charge >= 0.3 is 0 Å². The van der Waals surface area contributed by atoms with Gasteiger partial charge in [-0.2, -0.15) is 0 Å². The number of benzene rings is 1. The first kappa shape index (κ1) is 24.0. The van der Waals surface area contributed by atoms with Crippen LogP contribution in [0.2, 0.25) is 0 Å². The van der Waals surface area contributed by atoms with Crippen molar-refractivity contribution in [2.75, 3.05) is 44.1 Å². The quantitative estimate of drug-likeness (QED) is 0.497. The average Bonchev–Trinajstić information content (AvgIpc) is 2.68. The molecular formula is C22H37N3O3. The molecular weight excluding hydrogens is 354 g/mol. The van der Waals surface area contributed by atoms with E-state index >= 15 is 0 Å². The molecule has 1 aromatic carbocycles. The monoisotopic (exact) mass is 391 g/mol. The number of amides is 2. The van der Waals surface area contributed by atoms with Crippen LogP contribution >= 0.6 is 0 Å². The molecule has 1 atom stereocenters. The highest BCUT2D eigenvalue weighted by Crippen LogP contribution is 2.24. The molecule has 6 heteroatoms. The van der Waals surface area contributed by atoms with Crippen LogP contribution in [0.25, 0.3) is 0 Å². The van der Waals surface area contributed by atoms with Crippen LogP contribution in [0, 0.1) is 5.92 Å². The van der Waals surface area contributed by atoms with Gasteiger partial charge < -0.3 is 20.3 Å². The third-order valence-electron chi connectivity index (χ3n) is 4.72. The summed E-state index contributed by atoms with van der Waals surface area (Å²) in [6.45, 7) is 7.98. The molecule has 0 spiro atoms. The van der Waals surface area contributed by atoms with E-state index < -0.39 is 0 Å². The summed E-state index contributed by atoms with van der Waals surface area (Å²) in [6, 6.07) is 5.49. The van der Waals surface area contributed by atoms with Crippen molar-refractivity contribution in [3.05, 3.63) is 23.8 Å². The molecule has 1 rings (SSSR count). The van der Waals surface area contributed by atoms with Crippen molar-refractivity contribution < 1.29 is 14.3 Å². The van der Waals surface area contributed by atoms with Gasteiger partial charge in [-0.1, -0.05) is 26.7 Å². The summed E-state index contributed by atoms with van der Waals surface area (Å²) in [4.78, 5) is 27.2. The molecule has 0 aliphatic heterocycles. The Morgan fingerprint density at radius 2 is 1.89 bits per heavy atom. The smallest absolute Gasteiger partial charge is 0.253 e. The second kappa shape index (κ2) is 13.2. The number of carbonyl (C=O) groups excluding carboxylic acids is 2. The third-order valence-corrected chi connectivity index (χ3v) is 4.72. The molecule has 1 aromatic rings. The molecule has 0 aromatic heterocycles. The van der Waals surface area contributed by atoms with Crippen molar-refractivity contribution in [1.29, 1.82) is 0 Å². The molecule has 0 bridgehead atoms. The Morgan fingerprint density at radius 3 is 2.50 bits per heavy atom. The van der Waals surface area contributed by atoms with Crippen molar-refractivity contribution in [3.8, 4) is 0 Å². The van der Waals surface area contributed by atoms with Crippen molar-refractivity contribution in [2.24, 2.45) is 5.92 Å². The molecule has 0 saturated carbocycles. The summed E-state index contributed by atoms with van der Waals surface area (Å²) in [6.07, 6.45) is 4.59. The molecule has 158 valence electrons. The molecule has 2 amide bonds. The van der Waals surface area contributed by atoms with Crippen LogP contribution in [-0.4, -0.2) is 45.7 Å². The maximum atomic E-state index is 12.7. The minimum atomic E-state index is -0.144. The predicted octanol–water partition coefficient (Wildman–Crippen LogP) is 4.06. The van der Waals surface area contributed by atoms with Gasteiger partial charge in [-0.3, -0.25) is 9.59 Å². The number of nitrogens with zero attached hydrogens (tertiary/aromatic N) is 1. The molecule has 0 fully saturated rings. The summed E-state index contributed by atoms with van der Waals surface area (Å²) in [5.41, 5.74) is 2.03. The molecule has 0 aliphatic carbocycles. The summed E-state index contributed by atoms with van der Waals surface area (Å²) < 4.78 is 5.30. The van der Waals surface area contributed by atoms with Gasteiger partial charge in [0.1, 0.15) is 0 Å². The lowest BCUT2D eigenvalue weighted by Crippen LogP contribution is -2.28. The number of unbranched alkanes of at least 4 members (excludes halogenated alkanes) is 1. The maximum Gasteiger partial charge on any atom is 0.253 e. The highest BCUT2D eigenvalue weighted by atomic mass is 16.5. The van der Waals surface area contributed by atoms with Crippen molar-refractivity contribution >= 4 is 23.2 Å². The minimum absolute atomic E-state index is 0.00400. The lowest BCUT2D eigenvalue weighted by Gasteiger charge is -2.20. The number of hydrogen-bond acceptors (Lipinski definition) is 4. The third kappa shape index (κ3) is 7.89. The molecule has 0 unspecified atom stereocenters. The van der Waals surface area contributed by atoms with Gasteiger partial charge in [0.15, 0.2) is 0 Å². The lowest BCUT2D eigenvalue weighted by molar-refractivity contribution is -0.120. The standard InChI is InChI=1S/C22H37N3O3/c1-6-9-11-17(7-2)21(26)24-18-12-13-20(25(4)5)19(16-18)22(27)23-14-10-15-28-8-3/h12-13,16-17H,6-11,14-15H2,1-5H3,(H,23,27)(H,24,26)/t17-/m0/s1. The molecule has 0 radical (unpaired) electrons. The van der Waals surface area contributed by atoms with E-state index in [0.29, 0.717) is 31.0 Å². The zero-order chi connectivity index (χ0) is 20.9. The topological polar surface area (TPSA) is 70.7 Å². The number of carbonyl (C=O) groups is 2. The summed E-state index contributed by atoms with van der Waals surface area (Å²) in [5.74, 6) is -0.115. The van der Waals surface area contributed by atoms with Gasteiger partial charge in [-0.25, -0.2) is 0 Å². The van der Waals surface area contributed by atoms with Gasteiger partial charge in [0.25, 0.3) is 5.91 Å². The van der Waals surface area contributed by atoms with Gasteiger partial charge in [-0.05, 0) is 44.4 Å². The number of anilines is 2. The molecule has 0 heterocycles. The SMILES string of the molecule is CCCC[C@H](CC)C(=O)Nc1ccc(N(C)C)c(C(=O)NCCCOCC)c1. The summed E-state index contributed by atoms with van der Waals surface area (Å²) in [5, 5.41) is 5.93. The van der Waals surface area contributed by atoms with Crippen LogP contribution in [0.15, 0.2) is 18.2 Å². The Balaban J connectivity index is 2.85. The Hall–Kier alpha value is -2.08. The first-order valence-electron chi connectivity index (χ1n) is 10.4. The summed E-state index contributed by atoms with van der Waals surface area (Å²) >= 11 is 0. The molecule has 28 heavy (non-hydrogen) atoms. The fourth-order valence-corrected chi connectivity index (χ4v) is 3.02. The predicted molar refractivity (Wildman–Crippen MR) is 116 cm³/mol.